The molecule has 3 unspecified atom stereocenters. The minimum Gasteiger partial charge on any atom is -0.444 e. The standard InChI is InChI=1S/C23H36N4O6.C23H34N4O6/c2*1-7-11-16(25-22(32)33-23(2,3)4)19(29)20(30)24-14-17(28)26-18(21(31)27(5)6)15-12-9-8-10-13-15/h8-10,12-13,16,18-19,29H,7,11,14H2,1-6H3,(H,24,30)(H,25,32)(H,26,28);8-10,12-13,16,18H,7,11,14H2,1-6H3,(H,24,30)(H,25,32)(H,26,28)/t16?,18-,19?;16?,18-/m00/s1. The number of benzene rings is 2. The molecule has 0 spiro atoms. The first-order valence-electron chi connectivity index (χ1n) is 21.6. The molecule has 366 valence electrons. The third-order valence-electron chi connectivity index (χ3n) is 8.84. The molecule has 0 saturated carbocycles. The number of amides is 8. The molecular formula is C46H70N8O12. The first-order chi connectivity index (χ1) is 30.7. The van der Waals surface area contributed by atoms with Crippen molar-refractivity contribution in [3.05, 3.63) is 71.8 Å². The normalized spacial score (nSPS) is 13.2. The molecule has 0 aliphatic carbocycles. The van der Waals surface area contributed by atoms with E-state index in [4.69, 9.17) is 9.47 Å². The fraction of sp³-hybridized carbons (Fsp3) is 0.543. The second-order valence-electron chi connectivity index (χ2n) is 17.5. The molecule has 20 nitrogen and oxygen atoms in total. The van der Waals surface area contributed by atoms with E-state index in [1.54, 1.807) is 137 Å². The first-order valence-corrected chi connectivity index (χ1v) is 21.6. The Labute approximate surface area is 387 Å². The predicted molar refractivity (Wildman–Crippen MR) is 245 cm³/mol. The van der Waals surface area contributed by atoms with Crippen LogP contribution in [0.25, 0.3) is 0 Å². The maximum Gasteiger partial charge on any atom is 0.408 e. The molecule has 0 fully saturated rings. The Morgan fingerprint density at radius 3 is 1.35 bits per heavy atom. The van der Waals surface area contributed by atoms with Crippen LogP contribution in [-0.4, -0.2) is 139 Å². The van der Waals surface area contributed by atoms with Gasteiger partial charge in [-0.2, -0.15) is 0 Å². The van der Waals surface area contributed by atoms with Crippen LogP contribution in [0.1, 0.15) is 104 Å². The highest BCUT2D eigenvalue weighted by molar-refractivity contribution is 6.38. The maximum atomic E-state index is 12.5. The van der Waals surface area contributed by atoms with Crippen molar-refractivity contribution >= 4 is 53.4 Å². The van der Waals surface area contributed by atoms with Crippen molar-refractivity contribution in [2.24, 2.45) is 0 Å². The van der Waals surface area contributed by atoms with Crippen molar-refractivity contribution in [2.75, 3.05) is 41.3 Å². The minimum absolute atomic E-state index is 0.227. The van der Waals surface area contributed by atoms with Crippen molar-refractivity contribution < 1.29 is 57.7 Å². The molecule has 0 saturated heterocycles. The maximum absolute atomic E-state index is 12.5. The van der Waals surface area contributed by atoms with Gasteiger partial charge in [-0.3, -0.25) is 33.6 Å². The van der Waals surface area contributed by atoms with Gasteiger partial charge in [0.15, 0.2) is 6.10 Å². The molecule has 2 rings (SSSR count). The number of ether oxygens (including phenoxy) is 2. The zero-order valence-electron chi connectivity index (χ0n) is 40.2. The number of likely N-dealkylation sites (N-methyl/N-ethyl adjacent to an activating group) is 2. The molecule has 7 N–H and O–H groups in total. The van der Waals surface area contributed by atoms with E-state index in [1.165, 1.54) is 9.80 Å². The molecule has 0 radical (unpaired) electrons. The Morgan fingerprint density at radius 1 is 0.576 bits per heavy atom. The van der Waals surface area contributed by atoms with E-state index in [1.807, 2.05) is 6.92 Å². The molecule has 0 bridgehead atoms. The molecule has 5 atom stereocenters. The van der Waals surface area contributed by atoms with E-state index in [9.17, 15) is 48.3 Å². The summed E-state index contributed by atoms with van der Waals surface area (Å²) in [6.07, 6.45) is -1.47. The summed E-state index contributed by atoms with van der Waals surface area (Å²) in [6, 6.07) is 13.6. The highest BCUT2D eigenvalue weighted by atomic mass is 16.6. The minimum atomic E-state index is -1.58. The van der Waals surface area contributed by atoms with E-state index in [0.717, 1.165) is 0 Å². The molecule has 66 heavy (non-hydrogen) atoms. The molecule has 0 heterocycles. The van der Waals surface area contributed by atoms with Crippen molar-refractivity contribution in [3.63, 3.8) is 0 Å². The van der Waals surface area contributed by atoms with Crippen molar-refractivity contribution in [1.82, 2.24) is 41.7 Å². The van der Waals surface area contributed by atoms with E-state index < -0.39 is 96.2 Å². The number of nitrogens with one attached hydrogen (secondary N) is 6. The summed E-state index contributed by atoms with van der Waals surface area (Å²) in [6.45, 7) is 12.8. The summed E-state index contributed by atoms with van der Waals surface area (Å²) in [7, 11) is 6.29. The largest absolute Gasteiger partial charge is 0.444 e. The van der Waals surface area contributed by atoms with Crippen LogP contribution in [-0.2, 0) is 43.0 Å². The summed E-state index contributed by atoms with van der Waals surface area (Å²) in [4.78, 5) is 114. The van der Waals surface area contributed by atoms with Gasteiger partial charge < -0.3 is 56.3 Å². The quantitative estimate of drug-likeness (QED) is 0.0945. The van der Waals surface area contributed by atoms with Gasteiger partial charge in [0.25, 0.3) is 11.8 Å². The lowest BCUT2D eigenvalue weighted by atomic mass is 10.1. The highest BCUT2D eigenvalue weighted by Crippen LogP contribution is 2.16. The number of aliphatic hydroxyl groups excluding tert-OH is 1. The lowest BCUT2D eigenvalue weighted by Crippen LogP contribution is -2.53. The van der Waals surface area contributed by atoms with Gasteiger partial charge in [0.1, 0.15) is 29.3 Å². The van der Waals surface area contributed by atoms with Crippen LogP contribution >= 0.6 is 0 Å². The molecule has 8 amide bonds. The predicted octanol–water partition coefficient (Wildman–Crippen LogP) is 2.41. The Morgan fingerprint density at radius 2 is 0.970 bits per heavy atom. The Kier molecular flexibility index (Phi) is 24.1. The molecule has 0 aliphatic heterocycles. The molecule has 2 aromatic rings. The Balaban J connectivity index is 0.000000660. The highest BCUT2D eigenvalue weighted by Gasteiger charge is 2.32. The number of ketones is 1. The summed E-state index contributed by atoms with van der Waals surface area (Å²) >= 11 is 0. The van der Waals surface area contributed by atoms with Gasteiger partial charge in [-0.25, -0.2) is 9.59 Å². The first kappa shape index (κ1) is 57.4. The third-order valence-corrected chi connectivity index (χ3v) is 8.84. The fourth-order valence-electron chi connectivity index (χ4n) is 5.75. The molecular weight excluding hydrogens is 857 g/mol. The van der Waals surface area contributed by atoms with E-state index in [0.29, 0.717) is 30.4 Å². The van der Waals surface area contributed by atoms with Crippen LogP contribution < -0.4 is 31.9 Å². The van der Waals surface area contributed by atoms with Crippen molar-refractivity contribution in [3.8, 4) is 0 Å². The van der Waals surface area contributed by atoms with E-state index in [2.05, 4.69) is 31.9 Å². The zero-order valence-corrected chi connectivity index (χ0v) is 40.2. The summed E-state index contributed by atoms with van der Waals surface area (Å²) in [5.41, 5.74) is -0.313. The van der Waals surface area contributed by atoms with Crippen LogP contribution in [0.5, 0.6) is 0 Å². The molecule has 0 aromatic heterocycles. The summed E-state index contributed by atoms with van der Waals surface area (Å²) < 4.78 is 10.3. The van der Waals surface area contributed by atoms with E-state index >= 15 is 0 Å². The lowest BCUT2D eigenvalue weighted by Gasteiger charge is -2.26. The van der Waals surface area contributed by atoms with Gasteiger partial charge in [-0.1, -0.05) is 87.4 Å². The van der Waals surface area contributed by atoms with Gasteiger partial charge in [0.2, 0.25) is 29.4 Å². The SMILES string of the molecule is CCCC(NC(=O)OC(C)(C)C)C(=O)C(=O)NCC(=O)N[C@H](C(=O)N(C)C)c1ccccc1.CCCC(NC(=O)OC(C)(C)C)C(O)C(=O)NCC(=O)N[C@H](C(=O)N(C)C)c1ccccc1. The Bertz CT molecular complexity index is 1930. The van der Waals surface area contributed by atoms with Crippen LogP contribution in [0.15, 0.2) is 60.7 Å². The van der Waals surface area contributed by atoms with Gasteiger partial charge >= 0.3 is 12.2 Å². The van der Waals surface area contributed by atoms with Crippen LogP contribution in [0.2, 0.25) is 0 Å². The lowest BCUT2D eigenvalue weighted by molar-refractivity contribution is -0.140. The number of aliphatic hydroxyl groups is 1. The second-order valence-corrected chi connectivity index (χ2v) is 17.5. The smallest absolute Gasteiger partial charge is 0.408 e. The monoisotopic (exact) mass is 927 g/mol. The molecule has 2 aromatic carbocycles. The number of nitrogens with zero attached hydrogens (tertiary/aromatic N) is 2. The molecule has 20 heteroatoms. The summed E-state index contributed by atoms with van der Waals surface area (Å²) in [5.74, 6) is -4.66. The summed E-state index contributed by atoms with van der Waals surface area (Å²) in [5, 5.41) is 25.1. The molecule has 0 aliphatic rings. The average molecular weight is 927 g/mol. The van der Waals surface area contributed by atoms with Gasteiger partial charge in [-0.05, 0) is 65.5 Å². The van der Waals surface area contributed by atoms with Crippen molar-refractivity contribution in [2.45, 2.75) is 123 Å². The number of carbonyl (C=O) groups excluding carboxylic acids is 9. The number of hydrogen-bond donors (Lipinski definition) is 7. The average Bonchev–Trinajstić information content (AvgIpc) is 3.23. The Hall–Kier alpha value is -6.57. The van der Waals surface area contributed by atoms with Crippen molar-refractivity contribution in [1.29, 1.82) is 0 Å². The number of carbonyl (C=O) groups is 9. The topological polar surface area (TPSA) is 271 Å². The number of Topliss-reactive ketones (excluding diaryl/α,β-unsaturated/α-hetero) is 1. The van der Waals surface area contributed by atoms with E-state index in [-0.39, 0.29) is 18.2 Å². The second kappa shape index (κ2) is 27.7. The number of hydrogen-bond acceptors (Lipinski definition) is 12. The third kappa shape index (κ3) is 21.9. The van der Waals surface area contributed by atoms with Gasteiger partial charge in [0.05, 0.1) is 19.1 Å². The number of rotatable bonds is 20. The van der Waals surface area contributed by atoms with Crippen LogP contribution in [0.4, 0.5) is 9.59 Å². The fourth-order valence-corrected chi connectivity index (χ4v) is 5.75. The van der Waals surface area contributed by atoms with Gasteiger partial charge in [-0.15, -0.1) is 0 Å². The van der Waals surface area contributed by atoms with Crippen LogP contribution in [0, 0.1) is 0 Å². The zero-order chi connectivity index (χ0) is 50.4. The van der Waals surface area contributed by atoms with Crippen LogP contribution in [0.3, 0.4) is 0 Å². The van der Waals surface area contributed by atoms with Gasteiger partial charge in [0, 0.05) is 28.2 Å². The number of alkyl carbamates (subject to hydrolysis) is 2.